The fraction of sp³-hybridized carbons (Fsp3) is 0.727. The van der Waals surface area contributed by atoms with Crippen molar-refractivity contribution in [1.29, 1.82) is 0 Å². The van der Waals surface area contributed by atoms with Crippen LogP contribution in [0.3, 0.4) is 0 Å². The van der Waals surface area contributed by atoms with Crippen molar-refractivity contribution in [1.82, 2.24) is 0 Å². The minimum atomic E-state index is 0.545. The van der Waals surface area contributed by atoms with Crippen molar-refractivity contribution < 1.29 is 4.79 Å². The van der Waals surface area contributed by atoms with E-state index in [1.54, 1.807) is 6.92 Å². The van der Waals surface area contributed by atoms with E-state index in [1.807, 2.05) is 20.8 Å². The highest BCUT2D eigenvalue weighted by Crippen LogP contribution is 1.61. The van der Waals surface area contributed by atoms with E-state index in [-0.39, 0.29) is 0 Å². The van der Waals surface area contributed by atoms with Crippen LogP contribution in [0.5, 0.6) is 0 Å². The number of rotatable bonds is 4. The van der Waals surface area contributed by atoms with Gasteiger partial charge in [0.15, 0.2) is 0 Å². The zero-order valence-corrected chi connectivity index (χ0v) is 11.8. The molecule has 0 saturated carbocycles. The number of isothiocyanates is 1. The number of aliphatic imine (C=N–C) groups is 4. The van der Waals surface area contributed by atoms with Gasteiger partial charge in [-0.25, -0.2) is 24.8 Å². The standard InChI is InChI=1S/C5H10N2.C3H5NO.C3H5NS/c1-3-6-5-7-4-2;2*1-2-4-3-5/h3-4H2,1-2H3;2*2H2,1H3. The van der Waals surface area contributed by atoms with Crippen LogP contribution >= 0.6 is 12.2 Å². The molecule has 0 aliphatic rings. The van der Waals surface area contributed by atoms with Gasteiger partial charge in [-0.1, -0.05) is 0 Å². The average Bonchev–Trinajstić information content (AvgIpc) is 2.33. The molecule has 0 fully saturated rings. The Hall–Kier alpha value is -1.44. The fourth-order valence-electron chi connectivity index (χ4n) is 0.321. The van der Waals surface area contributed by atoms with Crippen LogP contribution in [-0.4, -0.2) is 43.4 Å². The Morgan fingerprint density at radius 3 is 1.35 bits per heavy atom. The highest BCUT2D eigenvalue weighted by molar-refractivity contribution is 7.78. The van der Waals surface area contributed by atoms with Gasteiger partial charge in [0.2, 0.25) is 6.08 Å². The van der Waals surface area contributed by atoms with Crippen molar-refractivity contribution in [2.45, 2.75) is 27.7 Å². The first-order valence-corrected chi connectivity index (χ1v) is 5.80. The number of carbonyl (C=O) groups excluding carboxylic acids is 1. The lowest BCUT2D eigenvalue weighted by Crippen LogP contribution is -1.66. The summed E-state index contributed by atoms with van der Waals surface area (Å²) in [6.07, 6.45) is 1.39. The van der Waals surface area contributed by atoms with Crippen molar-refractivity contribution in [2.75, 3.05) is 26.2 Å². The van der Waals surface area contributed by atoms with Gasteiger partial charge in [-0.15, -0.1) is 0 Å². The molecule has 0 aliphatic carbocycles. The van der Waals surface area contributed by atoms with Crippen molar-refractivity contribution in [2.24, 2.45) is 20.0 Å². The molecule has 0 aromatic heterocycles. The van der Waals surface area contributed by atoms with Gasteiger partial charge in [0.25, 0.3) is 0 Å². The van der Waals surface area contributed by atoms with Gasteiger partial charge in [-0.2, -0.15) is 0 Å². The smallest absolute Gasteiger partial charge is 0.233 e. The van der Waals surface area contributed by atoms with Gasteiger partial charge in [-0.3, -0.25) is 0 Å². The largest absolute Gasteiger partial charge is 0.234 e. The topological polar surface area (TPSA) is 66.5 Å². The normalized spacial score (nSPS) is 6.35. The molecule has 0 rings (SSSR count). The number of thiocarbonyl (C=S) groups is 1. The van der Waals surface area contributed by atoms with Crippen LogP contribution in [0.15, 0.2) is 20.0 Å². The molecule has 0 atom stereocenters. The Balaban J connectivity index is -0.000000177. The third-order valence-corrected chi connectivity index (χ3v) is 1.03. The first-order valence-electron chi connectivity index (χ1n) is 5.40. The van der Waals surface area contributed by atoms with Crippen LogP contribution in [0, 0.1) is 0 Å². The molecule has 6 heteroatoms. The maximum atomic E-state index is 9.11. The maximum Gasteiger partial charge on any atom is 0.234 e. The van der Waals surface area contributed by atoms with Crippen LogP contribution in [0.1, 0.15) is 27.7 Å². The van der Waals surface area contributed by atoms with Gasteiger partial charge >= 0.3 is 0 Å². The molecule has 0 saturated heterocycles. The van der Waals surface area contributed by atoms with Crippen LogP contribution in [0.4, 0.5) is 0 Å². The van der Waals surface area contributed by atoms with E-state index >= 15 is 0 Å². The second kappa shape index (κ2) is 29.3. The van der Waals surface area contributed by atoms with Gasteiger partial charge < -0.3 is 0 Å². The maximum absolute atomic E-state index is 9.11. The molecule has 0 bridgehead atoms. The van der Waals surface area contributed by atoms with E-state index in [9.17, 15) is 0 Å². The molecule has 0 radical (unpaired) electrons. The van der Waals surface area contributed by atoms with Crippen LogP contribution < -0.4 is 0 Å². The van der Waals surface area contributed by atoms with Crippen molar-refractivity contribution >= 4 is 29.5 Å². The van der Waals surface area contributed by atoms with Crippen LogP contribution in [0.25, 0.3) is 0 Å². The minimum absolute atomic E-state index is 0.545. The highest BCUT2D eigenvalue weighted by atomic mass is 32.1. The summed E-state index contributed by atoms with van der Waals surface area (Å²) in [6.45, 7) is 10.5. The molecule has 0 unspecified atom stereocenters. The Bertz CT molecular complexity index is 260. The van der Waals surface area contributed by atoms with E-state index in [2.05, 4.69) is 43.4 Å². The average molecular weight is 256 g/mol. The summed E-state index contributed by atoms with van der Waals surface area (Å²) in [6, 6.07) is 2.53. The summed E-state index contributed by atoms with van der Waals surface area (Å²) in [4.78, 5) is 23.3. The molecule has 0 aliphatic heterocycles. The molecule has 17 heavy (non-hydrogen) atoms. The van der Waals surface area contributed by atoms with E-state index in [0.29, 0.717) is 6.54 Å². The molecule has 0 heterocycles. The van der Waals surface area contributed by atoms with E-state index in [0.717, 1.165) is 19.6 Å². The van der Waals surface area contributed by atoms with Gasteiger partial charge in [-0.05, 0) is 39.9 Å². The first kappa shape index (κ1) is 20.9. The zero-order valence-electron chi connectivity index (χ0n) is 10.9. The lowest BCUT2D eigenvalue weighted by atomic mass is 10.8. The summed E-state index contributed by atoms with van der Waals surface area (Å²) < 4.78 is 0. The third-order valence-electron chi connectivity index (χ3n) is 0.903. The number of hydrogen-bond donors (Lipinski definition) is 0. The molecular weight excluding hydrogens is 236 g/mol. The van der Waals surface area contributed by atoms with Crippen molar-refractivity contribution in [3.63, 3.8) is 0 Å². The van der Waals surface area contributed by atoms with Crippen molar-refractivity contribution in [3.8, 4) is 0 Å². The van der Waals surface area contributed by atoms with Gasteiger partial charge in [0.1, 0.15) is 0 Å². The quantitative estimate of drug-likeness (QED) is 0.441. The summed E-state index contributed by atoms with van der Waals surface area (Å²) in [5, 5.41) is 2.23. The molecule has 0 amide bonds. The molecule has 0 spiro atoms. The van der Waals surface area contributed by atoms with Crippen LogP contribution in [0.2, 0.25) is 0 Å². The first-order chi connectivity index (χ1) is 8.24. The van der Waals surface area contributed by atoms with Gasteiger partial charge in [0.05, 0.1) is 11.2 Å². The molecular formula is C11H20N4OS. The molecule has 96 valence electrons. The Kier molecular flexibility index (Phi) is 36.0. The predicted molar refractivity (Wildman–Crippen MR) is 75.2 cm³/mol. The lowest BCUT2D eigenvalue weighted by molar-refractivity contribution is 0.563. The molecule has 0 aromatic carbocycles. The fourth-order valence-corrected chi connectivity index (χ4v) is 0.450. The van der Waals surface area contributed by atoms with Crippen LogP contribution in [-0.2, 0) is 4.79 Å². The van der Waals surface area contributed by atoms with Crippen molar-refractivity contribution in [3.05, 3.63) is 0 Å². The summed E-state index contributed by atoms with van der Waals surface area (Å²) in [5.41, 5.74) is 0. The Morgan fingerprint density at radius 1 is 0.824 bits per heavy atom. The number of hydrogen-bond acceptors (Lipinski definition) is 6. The van der Waals surface area contributed by atoms with Gasteiger partial charge in [0, 0.05) is 26.2 Å². The monoisotopic (exact) mass is 256 g/mol. The van der Waals surface area contributed by atoms with E-state index < -0.39 is 0 Å². The summed E-state index contributed by atoms with van der Waals surface area (Å²) in [7, 11) is 0. The summed E-state index contributed by atoms with van der Waals surface area (Å²) >= 11 is 4.23. The zero-order chi connectivity index (χ0) is 13.8. The van der Waals surface area contributed by atoms with E-state index in [4.69, 9.17) is 4.79 Å². The lowest BCUT2D eigenvalue weighted by Gasteiger charge is -1.68. The Labute approximate surface area is 109 Å². The Morgan fingerprint density at radius 2 is 1.24 bits per heavy atom. The SMILES string of the molecule is CCN=C=NCC.CCN=C=O.CCN=C=S. The number of isocyanates is 1. The molecule has 0 aromatic rings. The predicted octanol–water partition coefficient (Wildman–Crippen LogP) is 2.65. The second-order valence-corrected chi connectivity index (χ2v) is 2.36. The minimum Gasteiger partial charge on any atom is -0.233 e. The second-order valence-electron chi connectivity index (χ2n) is 2.18. The molecule has 0 N–H and O–H groups in total. The molecule has 5 nitrogen and oxygen atoms in total. The number of nitrogens with zero attached hydrogens (tertiary/aromatic N) is 4. The summed E-state index contributed by atoms with van der Waals surface area (Å²) in [5.74, 6) is 0. The third kappa shape index (κ3) is 53.4. The van der Waals surface area contributed by atoms with E-state index in [1.165, 1.54) is 6.08 Å². The highest BCUT2D eigenvalue weighted by Gasteiger charge is 1.57.